The van der Waals surface area contributed by atoms with E-state index in [4.69, 9.17) is 11.6 Å². The highest BCUT2D eigenvalue weighted by Crippen LogP contribution is 2.38. The zero-order chi connectivity index (χ0) is 15.8. The molecule has 0 bridgehead atoms. The lowest BCUT2D eigenvalue weighted by atomic mass is 9.91. The topological polar surface area (TPSA) is 60.8 Å². The van der Waals surface area contributed by atoms with Gasteiger partial charge in [-0.15, -0.1) is 0 Å². The lowest BCUT2D eigenvalue weighted by molar-refractivity contribution is -0.271. The molecule has 0 radical (unpaired) electrons. The van der Waals surface area contributed by atoms with Crippen molar-refractivity contribution in [1.82, 2.24) is 4.90 Å². The van der Waals surface area contributed by atoms with Crippen molar-refractivity contribution >= 4 is 17.5 Å². The maximum absolute atomic E-state index is 12.9. The summed E-state index contributed by atoms with van der Waals surface area (Å²) in [6.45, 7) is -0.759. The Morgan fingerprint density at radius 1 is 1.38 bits per heavy atom. The molecular formula is C13H13ClF3NO3. The summed E-state index contributed by atoms with van der Waals surface area (Å²) in [5.74, 6) is -0.968. The number of phenols is 1. The fourth-order valence-electron chi connectivity index (χ4n) is 2.29. The van der Waals surface area contributed by atoms with Crippen LogP contribution in [0, 0.1) is 0 Å². The molecule has 1 aliphatic rings. The molecule has 1 fully saturated rings. The molecule has 0 spiro atoms. The van der Waals surface area contributed by atoms with E-state index in [9.17, 15) is 28.2 Å². The third-order valence-electron chi connectivity index (χ3n) is 3.47. The van der Waals surface area contributed by atoms with Gasteiger partial charge >= 0.3 is 6.18 Å². The first-order chi connectivity index (χ1) is 9.64. The van der Waals surface area contributed by atoms with Gasteiger partial charge in [0.1, 0.15) is 5.75 Å². The number of aromatic hydroxyl groups is 1. The van der Waals surface area contributed by atoms with Gasteiger partial charge in [-0.2, -0.15) is 13.2 Å². The molecule has 4 nitrogen and oxygen atoms in total. The van der Waals surface area contributed by atoms with E-state index in [0.29, 0.717) is 0 Å². The second-order valence-corrected chi connectivity index (χ2v) is 5.43. The van der Waals surface area contributed by atoms with Crippen LogP contribution in [0.2, 0.25) is 5.02 Å². The Kier molecular flexibility index (Phi) is 4.08. The van der Waals surface area contributed by atoms with Gasteiger partial charge in [0, 0.05) is 6.54 Å². The zero-order valence-corrected chi connectivity index (χ0v) is 11.6. The first-order valence-electron chi connectivity index (χ1n) is 6.21. The average Bonchev–Trinajstić information content (AvgIpc) is 2.39. The number of carbonyl (C=O) groups excluding carboxylic acids is 1. The molecule has 1 aromatic carbocycles. The van der Waals surface area contributed by atoms with Gasteiger partial charge in [0.25, 0.3) is 5.91 Å². The molecule has 0 aromatic heterocycles. The van der Waals surface area contributed by atoms with E-state index < -0.39 is 30.7 Å². The molecule has 1 amide bonds. The van der Waals surface area contributed by atoms with Crippen LogP contribution < -0.4 is 0 Å². The van der Waals surface area contributed by atoms with Crippen molar-refractivity contribution < 1.29 is 28.2 Å². The van der Waals surface area contributed by atoms with Gasteiger partial charge in [-0.25, -0.2) is 0 Å². The molecule has 1 unspecified atom stereocenters. The van der Waals surface area contributed by atoms with E-state index in [1.165, 1.54) is 12.1 Å². The minimum Gasteiger partial charge on any atom is -0.508 e. The van der Waals surface area contributed by atoms with E-state index in [0.717, 1.165) is 11.0 Å². The summed E-state index contributed by atoms with van der Waals surface area (Å²) < 4.78 is 38.6. The van der Waals surface area contributed by atoms with Crippen LogP contribution in [0.3, 0.4) is 0 Å². The summed E-state index contributed by atoms with van der Waals surface area (Å²) in [6, 6.07) is 3.64. The fraction of sp³-hybridized carbons (Fsp3) is 0.462. The summed E-state index contributed by atoms with van der Waals surface area (Å²) >= 11 is 5.83. The minimum atomic E-state index is -4.81. The number of likely N-dealkylation sites (tertiary alicyclic amines) is 1. The number of hydrogen-bond acceptors (Lipinski definition) is 3. The summed E-state index contributed by atoms with van der Waals surface area (Å²) in [6.07, 6.45) is -5.24. The van der Waals surface area contributed by atoms with Crippen molar-refractivity contribution in [3.05, 3.63) is 28.8 Å². The predicted molar refractivity (Wildman–Crippen MR) is 69.3 cm³/mol. The van der Waals surface area contributed by atoms with E-state index >= 15 is 0 Å². The lowest BCUT2D eigenvalue weighted by Crippen LogP contribution is -2.58. The van der Waals surface area contributed by atoms with Crippen molar-refractivity contribution in [2.24, 2.45) is 0 Å². The molecular weight excluding hydrogens is 311 g/mol. The van der Waals surface area contributed by atoms with Gasteiger partial charge in [-0.1, -0.05) is 11.6 Å². The number of rotatable bonds is 1. The molecule has 1 atom stereocenters. The number of alkyl halides is 3. The Balaban J connectivity index is 2.26. The van der Waals surface area contributed by atoms with Crippen LogP contribution in [0.4, 0.5) is 13.2 Å². The Labute approximate surface area is 123 Å². The molecule has 116 valence electrons. The van der Waals surface area contributed by atoms with Crippen LogP contribution in [-0.4, -0.2) is 45.9 Å². The average molecular weight is 324 g/mol. The summed E-state index contributed by atoms with van der Waals surface area (Å²) in [5.41, 5.74) is -3.01. The van der Waals surface area contributed by atoms with Gasteiger partial charge in [0.2, 0.25) is 0 Å². The number of halogens is 4. The number of carbonyl (C=O) groups is 1. The molecule has 2 rings (SSSR count). The molecule has 1 saturated heterocycles. The number of phenolic OH excluding ortho intramolecular Hbond substituents is 1. The van der Waals surface area contributed by atoms with Gasteiger partial charge in [0.15, 0.2) is 5.60 Å². The Morgan fingerprint density at radius 3 is 2.67 bits per heavy atom. The molecule has 21 heavy (non-hydrogen) atoms. The molecule has 1 aromatic rings. The monoisotopic (exact) mass is 323 g/mol. The number of hydrogen-bond donors (Lipinski definition) is 2. The standard InChI is InChI=1S/C13H13ClF3NO3/c14-10-3-2-8(19)6-9(10)11(20)18-5-1-4-12(21,7-18)13(15,16)17/h2-3,6,19,21H,1,4-5,7H2. The summed E-state index contributed by atoms with van der Waals surface area (Å²) in [7, 11) is 0. The van der Waals surface area contributed by atoms with Crippen molar-refractivity contribution in [1.29, 1.82) is 0 Å². The first kappa shape index (κ1) is 15.9. The van der Waals surface area contributed by atoms with E-state index in [1.54, 1.807) is 0 Å². The maximum atomic E-state index is 12.9. The smallest absolute Gasteiger partial charge is 0.418 e. The Bertz CT molecular complexity index is 564. The van der Waals surface area contributed by atoms with Gasteiger partial charge in [0.05, 0.1) is 17.1 Å². The second kappa shape index (κ2) is 5.38. The number of benzene rings is 1. The molecule has 1 aliphatic heterocycles. The van der Waals surface area contributed by atoms with Crippen molar-refractivity contribution in [3.63, 3.8) is 0 Å². The van der Waals surface area contributed by atoms with Crippen LogP contribution in [0.5, 0.6) is 5.75 Å². The summed E-state index contributed by atoms with van der Waals surface area (Å²) in [4.78, 5) is 13.1. The highest BCUT2D eigenvalue weighted by atomic mass is 35.5. The zero-order valence-electron chi connectivity index (χ0n) is 10.8. The number of nitrogens with zero attached hydrogens (tertiary/aromatic N) is 1. The van der Waals surface area contributed by atoms with E-state index in [2.05, 4.69) is 0 Å². The minimum absolute atomic E-state index is 0.0260. The predicted octanol–water partition coefficient (Wildman–Crippen LogP) is 2.58. The van der Waals surface area contributed by atoms with Gasteiger partial charge in [-0.3, -0.25) is 4.79 Å². The van der Waals surface area contributed by atoms with Crippen LogP contribution in [-0.2, 0) is 0 Å². The Hall–Kier alpha value is -1.47. The number of aliphatic hydroxyl groups is 1. The number of amides is 1. The largest absolute Gasteiger partial charge is 0.508 e. The highest BCUT2D eigenvalue weighted by molar-refractivity contribution is 6.33. The fourth-order valence-corrected chi connectivity index (χ4v) is 2.49. The molecule has 8 heteroatoms. The van der Waals surface area contributed by atoms with Crippen LogP contribution in [0.1, 0.15) is 23.2 Å². The van der Waals surface area contributed by atoms with Crippen molar-refractivity contribution in [2.45, 2.75) is 24.6 Å². The molecule has 0 saturated carbocycles. The van der Waals surface area contributed by atoms with E-state index in [1.807, 2.05) is 0 Å². The van der Waals surface area contributed by atoms with Crippen LogP contribution in [0.25, 0.3) is 0 Å². The number of piperidine rings is 1. The first-order valence-corrected chi connectivity index (χ1v) is 6.59. The molecule has 0 aliphatic carbocycles. The van der Waals surface area contributed by atoms with Crippen molar-refractivity contribution in [2.75, 3.05) is 13.1 Å². The third kappa shape index (κ3) is 3.08. The number of β-amino-alcohol motifs (C(OH)–C–C–N with tert-alkyl or cyclic N) is 1. The van der Waals surface area contributed by atoms with Crippen LogP contribution in [0.15, 0.2) is 18.2 Å². The van der Waals surface area contributed by atoms with Gasteiger partial charge < -0.3 is 15.1 Å². The SMILES string of the molecule is O=C(c1cc(O)ccc1Cl)N1CCCC(O)(C(F)(F)F)C1. The Morgan fingerprint density at radius 2 is 2.05 bits per heavy atom. The maximum Gasteiger partial charge on any atom is 0.418 e. The van der Waals surface area contributed by atoms with Gasteiger partial charge in [-0.05, 0) is 31.0 Å². The highest BCUT2D eigenvalue weighted by Gasteiger charge is 2.56. The quantitative estimate of drug-likeness (QED) is 0.835. The lowest BCUT2D eigenvalue weighted by Gasteiger charge is -2.40. The van der Waals surface area contributed by atoms with Crippen molar-refractivity contribution in [3.8, 4) is 5.75 Å². The summed E-state index contributed by atoms with van der Waals surface area (Å²) in [5, 5.41) is 19.1. The molecule has 1 heterocycles. The third-order valence-corrected chi connectivity index (χ3v) is 3.80. The molecule has 2 N–H and O–H groups in total. The van der Waals surface area contributed by atoms with Crippen LogP contribution >= 0.6 is 11.6 Å². The van der Waals surface area contributed by atoms with E-state index in [-0.39, 0.29) is 29.3 Å². The normalized spacial score (nSPS) is 23.2. The second-order valence-electron chi connectivity index (χ2n) is 5.02.